The van der Waals surface area contributed by atoms with Crippen LogP contribution in [0.25, 0.3) is 16.8 Å². The lowest BCUT2D eigenvalue weighted by Gasteiger charge is -2.14. The Morgan fingerprint density at radius 2 is 1.81 bits per heavy atom. The fourth-order valence-corrected chi connectivity index (χ4v) is 3.43. The van der Waals surface area contributed by atoms with Crippen molar-refractivity contribution in [3.05, 3.63) is 82.4 Å². The number of aromatic nitrogens is 4. The van der Waals surface area contributed by atoms with Gasteiger partial charge in [0.2, 0.25) is 5.91 Å². The molecule has 31 heavy (non-hydrogen) atoms. The predicted octanol–water partition coefficient (Wildman–Crippen LogP) is 2.75. The van der Waals surface area contributed by atoms with Crippen molar-refractivity contribution in [1.82, 2.24) is 24.7 Å². The highest BCUT2D eigenvalue weighted by Crippen LogP contribution is 2.22. The Labute approximate surface area is 179 Å². The molecule has 2 heterocycles. The number of nitrogens with one attached hydrogen (secondary N) is 1. The number of nitrogens with zero attached hydrogens (tertiary/aromatic N) is 4. The highest BCUT2D eigenvalue weighted by atomic mass is 16.5. The maximum absolute atomic E-state index is 13.0. The molecule has 1 unspecified atom stereocenters. The zero-order valence-electron chi connectivity index (χ0n) is 17.6. The van der Waals surface area contributed by atoms with Gasteiger partial charge in [-0.2, -0.15) is 10.2 Å². The highest BCUT2D eigenvalue weighted by molar-refractivity contribution is 5.76. The Morgan fingerprint density at radius 3 is 2.48 bits per heavy atom. The topological polar surface area (TPSA) is 90.5 Å². The van der Waals surface area contributed by atoms with E-state index in [0.29, 0.717) is 17.0 Å². The van der Waals surface area contributed by atoms with Gasteiger partial charge in [-0.3, -0.25) is 9.59 Å². The second-order valence-electron chi connectivity index (χ2n) is 7.27. The zero-order chi connectivity index (χ0) is 22.0. The van der Waals surface area contributed by atoms with Crippen molar-refractivity contribution in [2.24, 2.45) is 0 Å². The summed E-state index contributed by atoms with van der Waals surface area (Å²) in [5, 5.41) is 11.7. The molecule has 0 spiro atoms. The van der Waals surface area contributed by atoms with Crippen LogP contribution in [0.1, 0.15) is 24.4 Å². The van der Waals surface area contributed by atoms with Crippen LogP contribution in [0.15, 0.2) is 65.5 Å². The third-order valence-electron chi connectivity index (χ3n) is 5.09. The summed E-state index contributed by atoms with van der Waals surface area (Å²) >= 11 is 0. The SMILES string of the molecule is COc1ccc(-c2cc3c(=O)n(CC(=O)NC(C)c4ccccc4)nc(C)n3n2)cc1. The molecule has 2 aromatic heterocycles. The predicted molar refractivity (Wildman–Crippen MR) is 117 cm³/mol. The minimum absolute atomic E-state index is 0.170. The minimum atomic E-state index is -0.375. The van der Waals surface area contributed by atoms with Gasteiger partial charge in [0.1, 0.15) is 23.6 Å². The normalized spacial score (nSPS) is 12.0. The number of hydrogen-bond donors (Lipinski definition) is 1. The summed E-state index contributed by atoms with van der Waals surface area (Å²) in [6.45, 7) is 3.48. The molecule has 4 rings (SSSR count). The van der Waals surface area contributed by atoms with Crippen LogP contribution < -0.4 is 15.6 Å². The van der Waals surface area contributed by atoms with E-state index in [1.165, 1.54) is 9.20 Å². The Bertz CT molecular complexity index is 1280. The summed E-state index contributed by atoms with van der Waals surface area (Å²) in [4.78, 5) is 25.5. The number of carbonyl (C=O) groups excluding carboxylic acids is 1. The van der Waals surface area contributed by atoms with Gasteiger partial charge in [0, 0.05) is 5.56 Å². The number of aryl methyl sites for hydroxylation is 1. The monoisotopic (exact) mass is 417 g/mol. The van der Waals surface area contributed by atoms with Gasteiger partial charge in [-0.15, -0.1) is 0 Å². The summed E-state index contributed by atoms with van der Waals surface area (Å²) < 4.78 is 7.86. The van der Waals surface area contributed by atoms with Gasteiger partial charge in [-0.05, 0) is 49.7 Å². The number of amides is 1. The first-order valence-electron chi connectivity index (χ1n) is 9.92. The minimum Gasteiger partial charge on any atom is -0.497 e. The van der Waals surface area contributed by atoms with Gasteiger partial charge in [-0.25, -0.2) is 9.20 Å². The second kappa shape index (κ2) is 8.43. The molecule has 8 heteroatoms. The van der Waals surface area contributed by atoms with Gasteiger partial charge in [0.05, 0.1) is 18.8 Å². The van der Waals surface area contributed by atoms with E-state index in [4.69, 9.17) is 4.74 Å². The van der Waals surface area contributed by atoms with E-state index in [9.17, 15) is 9.59 Å². The molecule has 0 aliphatic rings. The first-order valence-corrected chi connectivity index (χ1v) is 9.92. The number of benzene rings is 2. The van der Waals surface area contributed by atoms with Crippen molar-refractivity contribution in [2.75, 3.05) is 7.11 Å². The van der Waals surface area contributed by atoms with E-state index < -0.39 is 0 Å². The number of hydrogen-bond acceptors (Lipinski definition) is 5. The van der Waals surface area contributed by atoms with Crippen LogP contribution in [0.4, 0.5) is 0 Å². The zero-order valence-corrected chi connectivity index (χ0v) is 17.6. The van der Waals surface area contributed by atoms with Gasteiger partial charge in [0.15, 0.2) is 0 Å². The lowest BCUT2D eigenvalue weighted by molar-refractivity contribution is -0.122. The molecule has 0 aliphatic carbocycles. The molecular weight excluding hydrogens is 394 g/mol. The van der Waals surface area contributed by atoms with E-state index in [2.05, 4.69) is 15.5 Å². The van der Waals surface area contributed by atoms with E-state index in [1.807, 2.05) is 61.5 Å². The van der Waals surface area contributed by atoms with Crippen LogP contribution in [0.3, 0.4) is 0 Å². The number of methoxy groups -OCH3 is 1. The molecule has 4 aromatic rings. The van der Waals surface area contributed by atoms with Crippen LogP contribution in [-0.4, -0.2) is 32.4 Å². The summed E-state index contributed by atoms with van der Waals surface area (Å²) in [5.41, 5.74) is 2.47. The average Bonchev–Trinajstić information content (AvgIpc) is 3.24. The molecule has 8 nitrogen and oxygen atoms in total. The molecule has 1 N–H and O–H groups in total. The van der Waals surface area contributed by atoms with Gasteiger partial charge >= 0.3 is 0 Å². The quantitative estimate of drug-likeness (QED) is 0.521. The Hall–Kier alpha value is -3.94. The van der Waals surface area contributed by atoms with Crippen molar-refractivity contribution < 1.29 is 9.53 Å². The molecule has 1 amide bonds. The van der Waals surface area contributed by atoms with Crippen molar-refractivity contribution in [3.63, 3.8) is 0 Å². The van der Waals surface area contributed by atoms with Crippen LogP contribution in [0, 0.1) is 6.92 Å². The fourth-order valence-electron chi connectivity index (χ4n) is 3.43. The molecule has 158 valence electrons. The number of ether oxygens (including phenoxy) is 1. The molecule has 0 radical (unpaired) electrons. The average molecular weight is 417 g/mol. The van der Waals surface area contributed by atoms with Crippen LogP contribution >= 0.6 is 0 Å². The largest absolute Gasteiger partial charge is 0.497 e. The summed E-state index contributed by atoms with van der Waals surface area (Å²) in [6.07, 6.45) is 0. The van der Waals surface area contributed by atoms with Crippen LogP contribution in [0.5, 0.6) is 5.75 Å². The molecule has 0 bridgehead atoms. The summed E-state index contributed by atoms with van der Waals surface area (Å²) in [7, 11) is 1.61. The first-order chi connectivity index (χ1) is 15.0. The van der Waals surface area contributed by atoms with E-state index in [-0.39, 0.29) is 24.1 Å². The maximum atomic E-state index is 13.0. The number of carbonyl (C=O) groups is 1. The lowest BCUT2D eigenvalue weighted by atomic mass is 10.1. The van der Waals surface area contributed by atoms with Crippen molar-refractivity contribution in [3.8, 4) is 17.0 Å². The molecule has 2 aromatic carbocycles. The van der Waals surface area contributed by atoms with E-state index in [0.717, 1.165) is 16.9 Å². The van der Waals surface area contributed by atoms with Crippen LogP contribution in [-0.2, 0) is 11.3 Å². The molecule has 1 atom stereocenters. The molecule has 0 fully saturated rings. The molecular formula is C23H23N5O3. The van der Waals surface area contributed by atoms with Gasteiger partial charge in [0.25, 0.3) is 5.56 Å². The summed E-state index contributed by atoms with van der Waals surface area (Å²) in [5.74, 6) is 0.964. The number of rotatable bonds is 6. The van der Waals surface area contributed by atoms with Crippen molar-refractivity contribution >= 4 is 11.4 Å². The fraction of sp³-hybridized carbons (Fsp3) is 0.217. The Balaban J connectivity index is 1.59. The van der Waals surface area contributed by atoms with E-state index in [1.54, 1.807) is 20.1 Å². The van der Waals surface area contributed by atoms with Crippen molar-refractivity contribution in [1.29, 1.82) is 0 Å². The second-order valence-corrected chi connectivity index (χ2v) is 7.27. The molecule has 0 aliphatic heterocycles. The van der Waals surface area contributed by atoms with Crippen LogP contribution in [0.2, 0.25) is 0 Å². The smallest absolute Gasteiger partial charge is 0.293 e. The lowest BCUT2D eigenvalue weighted by Crippen LogP contribution is -2.36. The standard InChI is InChI=1S/C23H23N5O3/c1-15(17-7-5-4-6-8-17)24-22(29)14-27-23(30)21-13-20(26-28(21)16(2)25-27)18-9-11-19(31-3)12-10-18/h4-13,15H,14H2,1-3H3,(H,24,29). The third kappa shape index (κ3) is 4.18. The Kier molecular flexibility index (Phi) is 5.53. The Morgan fingerprint density at radius 1 is 1.10 bits per heavy atom. The third-order valence-corrected chi connectivity index (χ3v) is 5.09. The van der Waals surface area contributed by atoms with Gasteiger partial charge in [-0.1, -0.05) is 30.3 Å². The van der Waals surface area contributed by atoms with E-state index >= 15 is 0 Å². The van der Waals surface area contributed by atoms with Gasteiger partial charge < -0.3 is 10.1 Å². The molecule has 0 saturated heterocycles. The maximum Gasteiger partial charge on any atom is 0.293 e. The van der Waals surface area contributed by atoms with Crippen molar-refractivity contribution in [2.45, 2.75) is 26.4 Å². The first kappa shape index (κ1) is 20.3. The number of fused-ring (bicyclic) bond motifs is 1. The molecule has 0 saturated carbocycles. The summed E-state index contributed by atoms with van der Waals surface area (Å²) in [6, 6.07) is 18.6. The highest BCUT2D eigenvalue weighted by Gasteiger charge is 2.16.